The van der Waals surface area contributed by atoms with Gasteiger partial charge < -0.3 is 10.6 Å². The molecular formula is C19H22FN3O. The molecule has 0 atom stereocenters. The number of pyridine rings is 1. The zero-order chi connectivity index (χ0) is 16.9. The Labute approximate surface area is 141 Å². The van der Waals surface area contributed by atoms with Crippen molar-refractivity contribution in [1.29, 1.82) is 0 Å². The number of aromatic nitrogens is 1. The topological polar surface area (TPSA) is 54.0 Å². The molecular weight excluding hydrogens is 305 g/mol. The van der Waals surface area contributed by atoms with E-state index in [1.807, 2.05) is 0 Å². The molecule has 0 unspecified atom stereocenters. The highest BCUT2D eigenvalue weighted by Crippen LogP contribution is 2.24. The summed E-state index contributed by atoms with van der Waals surface area (Å²) in [6.45, 7) is 2.25. The first-order valence-electron chi connectivity index (χ1n) is 8.40. The molecule has 0 spiro atoms. The lowest BCUT2D eigenvalue weighted by molar-refractivity contribution is 0.0922. The Balaban J connectivity index is 1.59. The van der Waals surface area contributed by atoms with Gasteiger partial charge in [0.25, 0.3) is 5.91 Å². The molecule has 0 saturated heterocycles. The van der Waals surface area contributed by atoms with Gasteiger partial charge in [-0.15, -0.1) is 0 Å². The van der Waals surface area contributed by atoms with Gasteiger partial charge >= 0.3 is 0 Å². The Hall–Kier alpha value is -2.43. The molecule has 2 N–H and O–H groups in total. The molecule has 0 radical (unpaired) electrons. The highest BCUT2D eigenvalue weighted by molar-refractivity contribution is 5.94. The average molecular weight is 327 g/mol. The van der Waals surface area contributed by atoms with Crippen molar-refractivity contribution in [3.8, 4) is 0 Å². The fraction of sp³-hybridized carbons (Fsp3) is 0.368. The number of carbonyl (C=O) groups excluding carboxylic acids is 1. The molecule has 3 rings (SSSR count). The van der Waals surface area contributed by atoms with Crippen molar-refractivity contribution in [3.63, 3.8) is 0 Å². The number of amides is 1. The third-order valence-electron chi connectivity index (χ3n) is 4.51. The second-order valence-electron chi connectivity index (χ2n) is 6.47. The van der Waals surface area contributed by atoms with Crippen LogP contribution in [-0.4, -0.2) is 16.9 Å². The fourth-order valence-electron chi connectivity index (χ4n) is 2.98. The molecule has 1 aliphatic rings. The lowest BCUT2D eigenvalue weighted by atomic mass is 9.87. The molecule has 1 amide bonds. The molecule has 24 heavy (non-hydrogen) atoms. The summed E-state index contributed by atoms with van der Waals surface area (Å²) in [6, 6.07) is 10.0. The van der Waals surface area contributed by atoms with E-state index >= 15 is 0 Å². The van der Waals surface area contributed by atoms with Gasteiger partial charge in [0.1, 0.15) is 11.6 Å². The summed E-state index contributed by atoms with van der Waals surface area (Å²) in [5.74, 6) is 0.818. The van der Waals surface area contributed by atoms with Crippen molar-refractivity contribution in [2.24, 2.45) is 5.92 Å². The lowest BCUT2D eigenvalue weighted by Crippen LogP contribution is -2.37. The van der Waals surface area contributed by atoms with Crippen LogP contribution in [0.1, 0.15) is 43.0 Å². The number of anilines is 2. The molecule has 1 saturated carbocycles. The van der Waals surface area contributed by atoms with E-state index in [1.165, 1.54) is 12.3 Å². The third kappa shape index (κ3) is 4.10. The minimum absolute atomic E-state index is 0.0977. The minimum atomic E-state index is -0.340. The van der Waals surface area contributed by atoms with Crippen LogP contribution in [-0.2, 0) is 0 Å². The van der Waals surface area contributed by atoms with Crippen LogP contribution in [0, 0.1) is 11.7 Å². The largest absolute Gasteiger partial charge is 0.349 e. The van der Waals surface area contributed by atoms with Crippen molar-refractivity contribution >= 4 is 17.4 Å². The molecule has 5 heteroatoms. The standard InChI is InChI=1S/C19H22FN3O/c1-13-6-9-15(10-7-13)22-19(24)14-8-11-18(21-12-14)23-17-5-3-2-4-16(17)20/h2-5,8,11-13,15H,6-7,9-10H2,1H3,(H,21,23)(H,22,24). The van der Waals surface area contributed by atoms with Crippen LogP contribution in [0.25, 0.3) is 0 Å². The maximum atomic E-state index is 13.6. The van der Waals surface area contributed by atoms with Gasteiger partial charge in [-0.25, -0.2) is 9.37 Å². The van der Waals surface area contributed by atoms with E-state index in [4.69, 9.17) is 0 Å². The average Bonchev–Trinajstić information content (AvgIpc) is 2.59. The number of benzene rings is 1. The van der Waals surface area contributed by atoms with E-state index in [-0.39, 0.29) is 17.8 Å². The SMILES string of the molecule is CC1CCC(NC(=O)c2ccc(Nc3ccccc3F)nc2)CC1. The van der Waals surface area contributed by atoms with Crippen molar-refractivity contribution < 1.29 is 9.18 Å². The van der Waals surface area contributed by atoms with Crippen molar-refractivity contribution in [2.75, 3.05) is 5.32 Å². The summed E-state index contributed by atoms with van der Waals surface area (Å²) < 4.78 is 13.6. The Morgan fingerprint density at radius 2 is 1.88 bits per heavy atom. The smallest absolute Gasteiger partial charge is 0.253 e. The third-order valence-corrected chi connectivity index (χ3v) is 4.51. The number of hydrogen-bond donors (Lipinski definition) is 2. The monoisotopic (exact) mass is 327 g/mol. The summed E-state index contributed by atoms with van der Waals surface area (Å²) in [5.41, 5.74) is 0.881. The second kappa shape index (κ2) is 7.43. The Kier molecular flexibility index (Phi) is 5.08. The van der Waals surface area contributed by atoms with E-state index in [9.17, 15) is 9.18 Å². The second-order valence-corrected chi connectivity index (χ2v) is 6.47. The summed E-state index contributed by atoms with van der Waals surface area (Å²) in [7, 11) is 0. The van der Waals surface area contributed by atoms with Gasteiger partial charge in [0, 0.05) is 12.2 Å². The van der Waals surface area contributed by atoms with Crippen LogP contribution in [0.5, 0.6) is 0 Å². The van der Waals surface area contributed by atoms with Gasteiger partial charge in [-0.1, -0.05) is 19.1 Å². The molecule has 126 valence electrons. The van der Waals surface area contributed by atoms with Gasteiger partial charge in [0.05, 0.1) is 11.3 Å². The van der Waals surface area contributed by atoms with Crippen molar-refractivity contribution in [2.45, 2.75) is 38.6 Å². The zero-order valence-electron chi connectivity index (χ0n) is 13.8. The summed E-state index contributed by atoms with van der Waals surface area (Å²) in [5, 5.41) is 5.98. The molecule has 1 fully saturated rings. The Bertz CT molecular complexity index is 694. The molecule has 1 aromatic heterocycles. The fourth-order valence-corrected chi connectivity index (χ4v) is 2.98. The first kappa shape index (κ1) is 16.4. The maximum absolute atomic E-state index is 13.6. The lowest BCUT2D eigenvalue weighted by Gasteiger charge is -2.26. The number of nitrogens with zero attached hydrogens (tertiary/aromatic N) is 1. The first-order chi connectivity index (χ1) is 11.6. The quantitative estimate of drug-likeness (QED) is 0.881. The van der Waals surface area contributed by atoms with Crippen LogP contribution in [0.4, 0.5) is 15.9 Å². The molecule has 1 heterocycles. The molecule has 1 aliphatic carbocycles. The highest BCUT2D eigenvalue weighted by atomic mass is 19.1. The van der Waals surface area contributed by atoms with Crippen molar-refractivity contribution in [1.82, 2.24) is 10.3 Å². The molecule has 2 aromatic rings. The highest BCUT2D eigenvalue weighted by Gasteiger charge is 2.20. The number of para-hydroxylation sites is 1. The van der Waals surface area contributed by atoms with E-state index in [0.29, 0.717) is 17.1 Å². The minimum Gasteiger partial charge on any atom is -0.349 e. The summed E-state index contributed by atoms with van der Waals surface area (Å²) >= 11 is 0. The number of carbonyl (C=O) groups is 1. The van der Waals surface area contributed by atoms with Crippen LogP contribution in [0.3, 0.4) is 0 Å². The first-order valence-corrected chi connectivity index (χ1v) is 8.40. The normalized spacial score (nSPS) is 20.4. The van der Waals surface area contributed by atoms with Crippen LogP contribution >= 0.6 is 0 Å². The van der Waals surface area contributed by atoms with Crippen LogP contribution in [0.15, 0.2) is 42.6 Å². The van der Waals surface area contributed by atoms with Gasteiger partial charge in [-0.05, 0) is 55.9 Å². The number of halogens is 1. The van der Waals surface area contributed by atoms with Crippen LogP contribution < -0.4 is 10.6 Å². The van der Waals surface area contributed by atoms with E-state index < -0.39 is 0 Å². The van der Waals surface area contributed by atoms with Gasteiger partial charge in [-0.2, -0.15) is 0 Å². The Morgan fingerprint density at radius 1 is 1.12 bits per heavy atom. The Morgan fingerprint density at radius 3 is 2.54 bits per heavy atom. The zero-order valence-corrected chi connectivity index (χ0v) is 13.8. The van der Waals surface area contributed by atoms with Crippen LogP contribution in [0.2, 0.25) is 0 Å². The summed E-state index contributed by atoms with van der Waals surface area (Å²) in [4.78, 5) is 16.5. The number of nitrogens with one attached hydrogen (secondary N) is 2. The van der Waals surface area contributed by atoms with Gasteiger partial charge in [-0.3, -0.25) is 4.79 Å². The molecule has 4 nitrogen and oxygen atoms in total. The predicted octanol–water partition coefficient (Wildman–Crippen LogP) is 4.27. The van der Waals surface area contributed by atoms with Gasteiger partial charge in [0.2, 0.25) is 0 Å². The number of rotatable bonds is 4. The van der Waals surface area contributed by atoms with E-state index in [1.54, 1.807) is 30.3 Å². The van der Waals surface area contributed by atoms with E-state index in [0.717, 1.165) is 31.6 Å². The number of hydrogen-bond acceptors (Lipinski definition) is 3. The summed E-state index contributed by atoms with van der Waals surface area (Å²) in [6.07, 6.45) is 5.91. The molecule has 1 aromatic carbocycles. The molecule has 0 aliphatic heterocycles. The van der Waals surface area contributed by atoms with Gasteiger partial charge in [0.15, 0.2) is 0 Å². The predicted molar refractivity (Wildman–Crippen MR) is 92.8 cm³/mol. The maximum Gasteiger partial charge on any atom is 0.253 e. The van der Waals surface area contributed by atoms with Crippen molar-refractivity contribution in [3.05, 3.63) is 54.0 Å². The molecule has 0 bridgehead atoms. The van der Waals surface area contributed by atoms with E-state index in [2.05, 4.69) is 22.5 Å².